The number of para-hydroxylation sites is 1. The number of amides is 3. The second-order valence-corrected chi connectivity index (χ2v) is 22.4. The van der Waals surface area contributed by atoms with Crippen molar-refractivity contribution >= 4 is 40.0 Å². The molecule has 4 N–H and O–H groups in total. The first-order valence-electron chi connectivity index (χ1n) is 25.2. The number of aliphatic hydroxyl groups is 1. The number of thiazole rings is 1. The fourth-order valence-electron chi connectivity index (χ4n) is 9.97. The number of fused-ring (bicyclic) bond motifs is 3. The number of aryl methyl sites for hydroxylation is 1. The summed E-state index contributed by atoms with van der Waals surface area (Å²) in [6.07, 6.45) is 1.43. The normalized spacial score (nSPS) is 19.0. The number of halogens is 3. The third-order valence-corrected chi connectivity index (χ3v) is 14.9. The number of nitrogens with one attached hydrogen (secondary N) is 3. The molecule has 390 valence electrons. The van der Waals surface area contributed by atoms with Crippen LogP contribution < -0.4 is 15.4 Å². The minimum atomic E-state index is -1.60. The Bertz CT molecular complexity index is 2640. The molecule has 7 rings (SSSR count). The number of likely N-dealkylation sites (tertiary alicyclic amines) is 1. The molecule has 13 nitrogen and oxygen atoms in total. The van der Waals surface area contributed by atoms with Gasteiger partial charge in [-0.2, -0.15) is 0 Å². The molecule has 2 aromatic heterocycles. The van der Waals surface area contributed by atoms with Gasteiger partial charge in [0.15, 0.2) is 0 Å². The number of aromatic amines is 1. The molecule has 0 radical (unpaired) electrons. The predicted molar refractivity (Wildman–Crippen MR) is 278 cm³/mol. The molecule has 3 aromatic carbocycles. The van der Waals surface area contributed by atoms with Gasteiger partial charge in [-0.25, -0.2) is 18.2 Å². The van der Waals surface area contributed by atoms with Crippen molar-refractivity contribution in [1.29, 1.82) is 0 Å². The van der Waals surface area contributed by atoms with Crippen LogP contribution in [0.2, 0.25) is 0 Å². The lowest BCUT2D eigenvalue weighted by molar-refractivity contribution is -0.144. The number of hydrogen-bond donors (Lipinski definition) is 4. The van der Waals surface area contributed by atoms with Gasteiger partial charge in [-0.1, -0.05) is 63.2 Å². The van der Waals surface area contributed by atoms with Crippen molar-refractivity contribution in [3.05, 3.63) is 106 Å². The lowest BCUT2D eigenvalue weighted by atomic mass is 9.85. The van der Waals surface area contributed by atoms with Gasteiger partial charge in [0.05, 0.1) is 28.2 Å². The fraction of sp³-hybridized carbons (Fsp3) is 0.527. The summed E-state index contributed by atoms with van der Waals surface area (Å²) in [7, 11) is 3.95. The number of benzene rings is 3. The number of alkyl halides is 1. The highest BCUT2D eigenvalue weighted by molar-refractivity contribution is 7.13. The summed E-state index contributed by atoms with van der Waals surface area (Å²) >= 11 is 1.57. The summed E-state index contributed by atoms with van der Waals surface area (Å²) < 4.78 is 53.4. The highest BCUT2D eigenvalue weighted by atomic mass is 32.1. The standard InChI is InChI=1S/C55H73F3N8O5S/c1-34-26-41-40-14-10-11-15-44(40)61-48(41)49(66(34)32-55(6,7)58)47-42(56)28-39(29-43(47)57)71-25-24-64(9)23-22-63(8)21-13-12-16-46(68)62-51(54(3,4)5)53(70)65-31-38(67)27-45(65)52(69)59-30-36-17-19-37(20-18-36)50-35(2)60-33-72-50/h10-11,14-15,17-20,28-29,33-34,38,45,49,51,61,67H,12-13,16,21-27,30-32H2,1-9H3,(H,59,69)(H,62,68)/t34-,38-,45+,49-,51-/m1/s1. The Labute approximate surface area is 426 Å². The quantitative estimate of drug-likeness (QED) is 0.0535. The van der Waals surface area contributed by atoms with Crippen molar-refractivity contribution in [1.82, 2.24) is 40.2 Å². The first kappa shape index (κ1) is 54.4. The zero-order chi connectivity index (χ0) is 52.1. The number of carbonyl (C=O) groups excluding carboxylic acids is 3. The van der Waals surface area contributed by atoms with E-state index in [4.69, 9.17) is 4.74 Å². The SMILES string of the molecule is Cc1ncsc1-c1ccc(CNC(=O)[C@@H]2C[C@@H](O)CN2C(=O)[C@@H](NC(=O)CCCCN(C)CCN(C)CCOc2cc(F)c([C@@H]3c4[nH]c5ccccc5c4C[C@@H](C)N3CC(C)(C)F)c(F)c2)C(C)(C)C)cc1. The summed E-state index contributed by atoms with van der Waals surface area (Å²) in [6.45, 7) is 15.7. The average molecular weight is 1020 g/mol. The van der Waals surface area contributed by atoms with Gasteiger partial charge >= 0.3 is 0 Å². The summed E-state index contributed by atoms with van der Waals surface area (Å²) in [5.74, 6) is -2.43. The van der Waals surface area contributed by atoms with E-state index in [0.29, 0.717) is 31.6 Å². The molecule has 2 aliphatic heterocycles. The van der Waals surface area contributed by atoms with E-state index in [1.807, 2.05) is 108 Å². The lowest BCUT2D eigenvalue weighted by Gasteiger charge is -2.43. The minimum Gasteiger partial charge on any atom is -0.492 e. The molecule has 3 amide bonds. The predicted octanol–water partition coefficient (Wildman–Crippen LogP) is 8.18. The fourth-order valence-corrected chi connectivity index (χ4v) is 10.8. The average Bonchev–Trinajstić information content (AvgIpc) is 4.04. The van der Waals surface area contributed by atoms with Crippen LogP contribution in [0.1, 0.15) is 101 Å². The Balaban J connectivity index is 0.836. The van der Waals surface area contributed by atoms with Gasteiger partial charge < -0.3 is 40.2 Å². The van der Waals surface area contributed by atoms with Crippen LogP contribution >= 0.6 is 11.3 Å². The van der Waals surface area contributed by atoms with E-state index < -0.39 is 52.9 Å². The first-order chi connectivity index (χ1) is 34.1. The van der Waals surface area contributed by atoms with E-state index in [-0.39, 0.29) is 68.3 Å². The number of nitrogens with zero attached hydrogens (tertiary/aromatic N) is 5. The topological polar surface area (TPSA) is 146 Å². The molecule has 72 heavy (non-hydrogen) atoms. The van der Waals surface area contributed by atoms with Crippen LogP contribution in [-0.2, 0) is 27.3 Å². The van der Waals surface area contributed by atoms with Crippen LogP contribution in [0.15, 0.2) is 66.2 Å². The number of aliphatic hydroxyl groups excluding tert-OH is 1. The number of aromatic nitrogens is 2. The lowest BCUT2D eigenvalue weighted by Crippen LogP contribution is -2.57. The molecule has 0 bridgehead atoms. The highest BCUT2D eigenvalue weighted by Crippen LogP contribution is 2.44. The first-order valence-corrected chi connectivity index (χ1v) is 26.0. The molecule has 5 atom stereocenters. The minimum absolute atomic E-state index is 0.000891. The van der Waals surface area contributed by atoms with Crippen LogP contribution in [0, 0.1) is 24.0 Å². The van der Waals surface area contributed by atoms with Crippen LogP contribution in [-0.4, -0.2) is 142 Å². The zero-order valence-corrected chi connectivity index (χ0v) is 44.1. The summed E-state index contributed by atoms with van der Waals surface area (Å²) in [4.78, 5) is 57.2. The van der Waals surface area contributed by atoms with Crippen molar-refractivity contribution in [2.45, 2.75) is 123 Å². The van der Waals surface area contributed by atoms with Crippen LogP contribution in [0.4, 0.5) is 13.2 Å². The van der Waals surface area contributed by atoms with Crippen molar-refractivity contribution in [3.63, 3.8) is 0 Å². The van der Waals surface area contributed by atoms with Crippen molar-refractivity contribution in [2.75, 3.05) is 60.0 Å². The van der Waals surface area contributed by atoms with Gasteiger partial charge in [-0.3, -0.25) is 19.3 Å². The molecule has 0 unspecified atom stereocenters. The van der Waals surface area contributed by atoms with Crippen LogP contribution in [0.5, 0.6) is 5.75 Å². The van der Waals surface area contributed by atoms with Gasteiger partial charge in [0.2, 0.25) is 17.7 Å². The van der Waals surface area contributed by atoms with Gasteiger partial charge in [-0.05, 0) is 95.8 Å². The largest absolute Gasteiger partial charge is 0.492 e. The van der Waals surface area contributed by atoms with Crippen LogP contribution in [0.3, 0.4) is 0 Å². The van der Waals surface area contributed by atoms with Gasteiger partial charge in [0, 0.05) is 92.4 Å². The molecule has 1 fully saturated rings. The molecular weight excluding hydrogens is 942 g/mol. The van der Waals surface area contributed by atoms with E-state index in [1.165, 1.54) is 30.9 Å². The van der Waals surface area contributed by atoms with Crippen molar-refractivity contribution in [2.24, 2.45) is 5.41 Å². The van der Waals surface area contributed by atoms with Crippen molar-refractivity contribution in [3.8, 4) is 16.2 Å². The number of ether oxygens (including phenoxy) is 1. The highest BCUT2D eigenvalue weighted by Gasteiger charge is 2.45. The van der Waals surface area contributed by atoms with Crippen LogP contribution in [0.25, 0.3) is 21.3 Å². The number of H-pyrrole nitrogens is 1. The molecule has 2 aliphatic rings. The second kappa shape index (κ2) is 23.3. The molecular formula is C55H73F3N8O5S. The van der Waals surface area contributed by atoms with E-state index >= 15 is 13.2 Å². The summed E-state index contributed by atoms with van der Waals surface area (Å²) in [5.41, 5.74) is 4.86. The summed E-state index contributed by atoms with van der Waals surface area (Å²) in [6, 6.07) is 15.3. The van der Waals surface area contributed by atoms with E-state index in [0.717, 1.165) is 57.7 Å². The maximum absolute atomic E-state index is 16.2. The van der Waals surface area contributed by atoms with E-state index in [9.17, 15) is 19.5 Å². The Kier molecular flexibility index (Phi) is 17.6. The third kappa shape index (κ3) is 13.4. The number of carbonyl (C=O) groups is 3. The Morgan fingerprint density at radius 3 is 2.31 bits per heavy atom. The number of rotatable bonds is 21. The zero-order valence-electron chi connectivity index (χ0n) is 43.3. The van der Waals surface area contributed by atoms with Gasteiger partial charge in [0.1, 0.15) is 41.7 Å². The van der Waals surface area contributed by atoms with Gasteiger partial charge in [0.25, 0.3) is 0 Å². The molecule has 0 saturated carbocycles. The Morgan fingerprint density at radius 1 is 0.972 bits per heavy atom. The maximum Gasteiger partial charge on any atom is 0.246 e. The summed E-state index contributed by atoms with van der Waals surface area (Å²) in [5, 5.41) is 17.5. The van der Waals surface area contributed by atoms with E-state index in [2.05, 4.69) is 30.4 Å². The molecule has 0 aliphatic carbocycles. The molecule has 17 heteroatoms. The molecule has 0 spiro atoms. The maximum atomic E-state index is 16.2. The molecule has 1 saturated heterocycles. The van der Waals surface area contributed by atoms with E-state index in [1.54, 1.807) is 11.3 Å². The Hall–Kier alpha value is -5.33. The molecule has 4 heterocycles. The third-order valence-electron chi connectivity index (χ3n) is 13.9. The monoisotopic (exact) mass is 1010 g/mol. The van der Waals surface area contributed by atoms with Crippen molar-refractivity contribution < 1.29 is 37.4 Å². The number of likely N-dealkylation sites (N-methyl/N-ethyl adjacent to an activating group) is 2. The van der Waals surface area contributed by atoms with Gasteiger partial charge in [-0.15, -0.1) is 11.3 Å². The molecule has 5 aromatic rings. The number of β-amino-alcohol motifs (C(OH)–C–C–N with tert-alkyl or cyclic N) is 1. The number of unbranched alkanes of at least 4 members (excludes halogenated alkanes) is 1. The smallest absolute Gasteiger partial charge is 0.246 e. The number of hydrogen-bond acceptors (Lipinski definition) is 10. The Morgan fingerprint density at radius 2 is 1.65 bits per heavy atom. The second-order valence-electron chi connectivity index (χ2n) is 21.6.